The predicted molar refractivity (Wildman–Crippen MR) is 52.8 cm³/mol. The van der Waals surface area contributed by atoms with E-state index in [1.54, 1.807) is 10.6 Å². The fourth-order valence-corrected chi connectivity index (χ4v) is 1.62. The van der Waals surface area contributed by atoms with E-state index in [-0.39, 0.29) is 5.56 Å². The number of pyridine rings is 1. The number of hydrogen-bond donors (Lipinski definition) is 2. The lowest BCUT2D eigenvalue weighted by atomic mass is 10.3. The van der Waals surface area contributed by atoms with Gasteiger partial charge in [-0.3, -0.25) is 9.36 Å². The molecule has 3 N–H and O–H groups in total. The highest BCUT2D eigenvalue weighted by molar-refractivity contribution is 5.61. The second-order valence-electron chi connectivity index (χ2n) is 3.26. The van der Waals surface area contributed by atoms with Crippen LogP contribution in [0.4, 0.5) is 11.5 Å². The maximum absolute atomic E-state index is 11.4. The van der Waals surface area contributed by atoms with Crippen molar-refractivity contribution in [3.63, 3.8) is 0 Å². The van der Waals surface area contributed by atoms with Crippen molar-refractivity contribution in [1.29, 1.82) is 0 Å². The van der Waals surface area contributed by atoms with Crippen LogP contribution in [0.25, 0.3) is 0 Å². The molecule has 0 aromatic carbocycles. The Balaban J connectivity index is 2.57. The van der Waals surface area contributed by atoms with Gasteiger partial charge < -0.3 is 11.1 Å². The molecule has 4 nitrogen and oxygen atoms in total. The van der Waals surface area contributed by atoms with Gasteiger partial charge in [0.1, 0.15) is 5.82 Å². The third-order valence-electron chi connectivity index (χ3n) is 2.32. The van der Waals surface area contributed by atoms with Crippen molar-refractivity contribution in [2.75, 3.05) is 17.6 Å². The molecule has 2 rings (SSSR count). The number of nitrogens with one attached hydrogen (secondary N) is 1. The zero-order chi connectivity index (χ0) is 9.26. The van der Waals surface area contributed by atoms with Crippen molar-refractivity contribution in [2.24, 2.45) is 0 Å². The molecule has 0 spiro atoms. The Bertz CT molecular complexity index is 370. The van der Waals surface area contributed by atoms with Crippen molar-refractivity contribution >= 4 is 11.5 Å². The zero-order valence-corrected chi connectivity index (χ0v) is 7.42. The van der Waals surface area contributed by atoms with Gasteiger partial charge in [0.05, 0.1) is 5.69 Å². The van der Waals surface area contributed by atoms with Crippen LogP contribution < -0.4 is 16.6 Å². The average Bonchev–Trinajstić information content (AvgIpc) is 2.37. The van der Waals surface area contributed by atoms with E-state index < -0.39 is 0 Å². The number of rotatable bonds is 0. The summed E-state index contributed by atoms with van der Waals surface area (Å²) in [6.45, 7) is 1.67. The van der Waals surface area contributed by atoms with E-state index in [9.17, 15) is 4.79 Å². The molecule has 0 saturated carbocycles. The quantitative estimate of drug-likeness (QED) is 0.614. The standard InChI is InChI=1S/C9H13N3O/c10-7-3-4-8(13)12-6-2-1-5-11-9(7)12/h3-4,11H,1-2,5-6,10H2. The van der Waals surface area contributed by atoms with Crippen LogP contribution in [0.1, 0.15) is 12.8 Å². The Labute approximate surface area is 76.4 Å². The molecular weight excluding hydrogens is 166 g/mol. The summed E-state index contributed by atoms with van der Waals surface area (Å²) in [6.07, 6.45) is 2.12. The van der Waals surface area contributed by atoms with Gasteiger partial charge >= 0.3 is 0 Å². The Morgan fingerprint density at radius 2 is 2.23 bits per heavy atom. The first-order chi connectivity index (χ1) is 6.29. The summed E-state index contributed by atoms with van der Waals surface area (Å²) >= 11 is 0. The molecule has 0 amide bonds. The molecule has 4 heteroatoms. The maximum Gasteiger partial charge on any atom is 0.252 e. The average molecular weight is 179 g/mol. The summed E-state index contributed by atoms with van der Waals surface area (Å²) in [5.41, 5.74) is 6.44. The molecule has 0 radical (unpaired) electrons. The van der Waals surface area contributed by atoms with E-state index in [1.165, 1.54) is 6.07 Å². The van der Waals surface area contributed by atoms with Gasteiger partial charge in [-0.05, 0) is 18.9 Å². The van der Waals surface area contributed by atoms with Crippen molar-refractivity contribution in [2.45, 2.75) is 19.4 Å². The Morgan fingerprint density at radius 3 is 3.08 bits per heavy atom. The first-order valence-corrected chi connectivity index (χ1v) is 4.52. The third kappa shape index (κ3) is 1.39. The minimum Gasteiger partial charge on any atom is -0.396 e. The molecule has 2 heterocycles. The SMILES string of the molecule is Nc1ccc(=O)n2c1NCCCC2. The molecule has 1 aromatic heterocycles. The Morgan fingerprint density at radius 1 is 1.38 bits per heavy atom. The third-order valence-corrected chi connectivity index (χ3v) is 2.32. The first-order valence-electron chi connectivity index (χ1n) is 4.52. The van der Waals surface area contributed by atoms with Crippen LogP contribution in [0.5, 0.6) is 0 Å². The van der Waals surface area contributed by atoms with Gasteiger partial charge in [0.2, 0.25) is 0 Å². The van der Waals surface area contributed by atoms with Gasteiger partial charge in [-0.25, -0.2) is 0 Å². The van der Waals surface area contributed by atoms with Crippen molar-refractivity contribution in [1.82, 2.24) is 4.57 Å². The zero-order valence-electron chi connectivity index (χ0n) is 7.42. The van der Waals surface area contributed by atoms with Gasteiger partial charge in [-0.15, -0.1) is 0 Å². The van der Waals surface area contributed by atoms with Gasteiger partial charge in [0, 0.05) is 19.2 Å². The van der Waals surface area contributed by atoms with E-state index in [1.807, 2.05) is 0 Å². The van der Waals surface area contributed by atoms with Crippen LogP contribution in [0.15, 0.2) is 16.9 Å². The molecule has 0 aliphatic carbocycles. The van der Waals surface area contributed by atoms with Crippen LogP contribution in [-0.4, -0.2) is 11.1 Å². The lowest BCUT2D eigenvalue weighted by molar-refractivity contribution is 0.638. The maximum atomic E-state index is 11.4. The monoisotopic (exact) mass is 179 g/mol. The van der Waals surface area contributed by atoms with Gasteiger partial charge in [0.25, 0.3) is 5.56 Å². The normalized spacial score (nSPS) is 15.7. The van der Waals surface area contributed by atoms with Crippen molar-refractivity contribution < 1.29 is 0 Å². The molecule has 0 atom stereocenters. The minimum atomic E-state index is 0.0265. The molecule has 0 saturated heterocycles. The number of aromatic nitrogens is 1. The van der Waals surface area contributed by atoms with Gasteiger partial charge in [-0.1, -0.05) is 0 Å². The predicted octanol–water partition coefficient (Wildman–Crippen LogP) is 0.636. The van der Waals surface area contributed by atoms with Crippen LogP contribution in [0.3, 0.4) is 0 Å². The highest BCUT2D eigenvalue weighted by Crippen LogP contribution is 2.18. The van der Waals surface area contributed by atoms with Crippen molar-refractivity contribution in [3.05, 3.63) is 22.5 Å². The van der Waals surface area contributed by atoms with E-state index in [0.717, 1.165) is 31.7 Å². The van der Waals surface area contributed by atoms with E-state index >= 15 is 0 Å². The topological polar surface area (TPSA) is 60.1 Å². The molecule has 1 aromatic rings. The molecule has 13 heavy (non-hydrogen) atoms. The first kappa shape index (κ1) is 8.16. The van der Waals surface area contributed by atoms with Crippen LogP contribution in [0, 0.1) is 0 Å². The molecule has 70 valence electrons. The number of nitrogens with two attached hydrogens (primary N) is 1. The highest BCUT2D eigenvalue weighted by atomic mass is 16.1. The van der Waals surface area contributed by atoms with Crippen LogP contribution in [-0.2, 0) is 6.54 Å². The number of hydrogen-bond acceptors (Lipinski definition) is 3. The summed E-state index contributed by atoms with van der Waals surface area (Å²) in [5, 5.41) is 3.17. The molecular formula is C9H13N3O. The minimum absolute atomic E-state index is 0.0265. The Kier molecular flexibility index (Phi) is 1.96. The smallest absolute Gasteiger partial charge is 0.252 e. The lowest BCUT2D eigenvalue weighted by Crippen LogP contribution is -2.21. The van der Waals surface area contributed by atoms with Gasteiger partial charge in [-0.2, -0.15) is 0 Å². The fourth-order valence-electron chi connectivity index (χ4n) is 1.62. The van der Waals surface area contributed by atoms with Crippen LogP contribution in [0.2, 0.25) is 0 Å². The van der Waals surface area contributed by atoms with E-state index in [0.29, 0.717) is 5.69 Å². The number of nitrogen functional groups attached to an aromatic ring is 1. The molecule has 0 fully saturated rings. The fraction of sp³-hybridized carbons (Fsp3) is 0.444. The number of nitrogens with zero attached hydrogens (tertiary/aromatic N) is 1. The largest absolute Gasteiger partial charge is 0.396 e. The second kappa shape index (κ2) is 3.12. The number of fused-ring (bicyclic) bond motifs is 1. The molecule has 1 aliphatic rings. The lowest BCUT2D eigenvalue weighted by Gasteiger charge is -2.11. The summed E-state index contributed by atoms with van der Waals surface area (Å²) in [5.74, 6) is 0.782. The molecule has 1 aliphatic heterocycles. The molecule has 0 bridgehead atoms. The second-order valence-corrected chi connectivity index (χ2v) is 3.26. The molecule has 0 unspecified atom stereocenters. The summed E-state index contributed by atoms with van der Waals surface area (Å²) in [7, 11) is 0. The van der Waals surface area contributed by atoms with Crippen LogP contribution >= 0.6 is 0 Å². The summed E-state index contributed by atoms with van der Waals surface area (Å²) in [6, 6.07) is 3.18. The summed E-state index contributed by atoms with van der Waals surface area (Å²) < 4.78 is 1.71. The van der Waals surface area contributed by atoms with E-state index in [4.69, 9.17) is 5.73 Å². The Hall–Kier alpha value is -1.45. The number of anilines is 2. The van der Waals surface area contributed by atoms with E-state index in [2.05, 4.69) is 5.32 Å². The van der Waals surface area contributed by atoms with Crippen molar-refractivity contribution in [3.8, 4) is 0 Å². The van der Waals surface area contributed by atoms with Gasteiger partial charge in [0.15, 0.2) is 0 Å². The summed E-state index contributed by atoms with van der Waals surface area (Å²) in [4.78, 5) is 11.4. The highest BCUT2D eigenvalue weighted by Gasteiger charge is 2.09.